The van der Waals surface area contributed by atoms with Crippen molar-refractivity contribution >= 4 is 28.9 Å². The van der Waals surface area contributed by atoms with Gasteiger partial charge in [0.1, 0.15) is 0 Å². The highest BCUT2D eigenvalue weighted by atomic mass is 16.2. The van der Waals surface area contributed by atoms with Crippen LogP contribution in [0.4, 0.5) is 17.1 Å². The number of hydrogen-bond donors (Lipinski definition) is 3. The predicted octanol–water partition coefficient (Wildman–Crippen LogP) is 3.80. The van der Waals surface area contributed by atoms with Gasteiger partial charge < -0.3 is 16.4 Å². The fourth-order valence-corrected chi connectivity index (χ4v) is 2.32. The number of carbonyl (C=O) groups is 2. The number of para-hydroxylation sites is 3. The van der Waals surface area contributed by atoms with Crippen molar-refractivity contribution in [1.82, 2.24) is 0 Å². The normalized spacial score (nSPS) is 10.2. The van der Waals surface area contributed by atoms with Crippen molar-refractivity contribution in [3.8, 4) is 0 Å². The second-order valence-electron chi connectivity index (χ2n) is 5.61. The molecular formula is C19H23N3O2. The van der Waals surface area contributed by atoms with E-state index in [1.165, 1.54) is 0 Å². The van der Waals surface area contributed by atoms with Crippen molar-refractivity contribution in [2.24, 2.45) is 0 Å². The van der Waals surface area contributed by atoms with Gasteiger partial charge in [-0.2, -0.15) is 0 Å². The van der Waals surface area contributed by atoms with Crippen LogP contribution < -0.4 is 16.4 Å². The van der Waals surface area contributed by atoms with Gasteiger partial charge in [-0.1, -0.05) is 36.8 Å². The molecule has 2 aromatic rings. The first-order valence-electron chi connectivity index (χ1n) is 8.14. The standard InChI is InChI=1S/C19H23N3O2/c20-16-11-7-8-12-17(16)22-19(24)14-6-2-5-13-18(23)21-15-9-3-1-4-10-15/h1,3-4,7-12H,2,5-6,13-14,20H2,(H,21,23)(H,22,24). The van der Waals surface area contributed by atoms with Crippen molar-refractivity contribution in [3.63, 3.8) is 0 Å². The Kier molecular flexibility index (Phi) is 6.83. The Hall–Kier alpha value is -2.82. The third kappa shape index (κ3) is 6.12. The average Bonchev–Trinajstić information content (AvgIpc) is 2.57. The third-order valence-corrected chi connectivity index (χ3v) is 3.60. The van der Waals surface area contributed by atoms with Crippen LogP contribution in [-0.4, -0.2) is 11.8 Å². The summed E-state index contributed by atoms with van der Waals surface area (Å²) in [5.74, 6) is -0.0515. The minimum absolute atomic E-state index is 0.00251. The van der Waals surface area contributed by atoms with Crippen molar-refractivity contribution < 1.29 is 9.59 Å². The number of nitrogen functional groups attached to an aromatic ring is 1. The first kappa shape index (κ1) is 17.5. The molecule has 24 heavy (non-hydrogen) atoms. The number of carbonyl (C=O) groups excluding carboxylic acids is 2. The van der Waals surface area contributed by atoms with Crippen LogP contribution in [0.15, 0.2) is 54.6 Å². The summed E-state index contributed by atoms with van der Waals surface area (Å²) in [6, 6.07) is 16.6. The van der Waals surface area contributed by atoms with Gasteiger partial charge in [-0.25, -0.2) is 0 Å². The lowest BCUT2D eigenvalue weighted by atomic mass is 10.1. The van der Waals surface area contributed by atoms with Crippen LogP contribution in [0.5, 0.6) is 0 Å². The fraction of sp³-hybridized carbons (Fsp3) is 0.263. The summed E-state index contributed by atoms with van der Waals surface area (Å²) in [7, 11) is 0. The topological polar surface area (TPSA) is 84.2 Å². The van der Waals surface area contributed by atoms with Gasteiger partial charge >= 0.3 is 0 Å². The number of amides is 2. The quantitative estimate of drug-likeness (QED) is 0.510. The van der Waals surface area contributed by atoms with Crippen LogP contribution in [0.2, 0.25) is 0 Å². The molecule has 0 aliphatic rings. The number of anilines is 3. The SMILES string of the molecule is Nc1ccccc1NC(=O)CCCCCC(=O)Nc1ccccc1. The van der Waals surface area contributed by atoms with Gasteiger partial charge in [-0.3, -0.25) is 9.59 Å². The predicted molar refractivity (Wildman–Crippen MR) is 97.6 cm³/mol. The number of benzene rings is 2. The Labute approximate surface area is 142 Å². The second kappa shape index (κ2) is 9.35. The summed E-state index contributed by atoms with van der Waals surface area (Å²) >= 11 is 0. The largest absolute Gasteiger partial charge is 0.397 e. The molecule has 0 atom stereocenters. The first-order chi connectivity index (χ1) is 11.6. The van der Waals surface area contributed by atoms with Gasteiger partial charge in [0, 0.05) is 18.5 Å². The van der Waals surface area contributed by atoms with Gasteiger partial charge in [-0.05, 0) is 37.1 Å². The highest BCUT2D eigenvalue weighted by Gasteiger charge is 2.06. The monoisotopic (exact) mass is 325 g/mol. The molecule has 2 aromatic carbocycles. The number of unbranched alkanes of at least 4 members (excludes halogenated alkanes) is 2. The summed E-state index contributed by atoms with van der Waals surface area (Å²) < 4.78 is 0. The van der Waals surface area contributed by atoms with E-state index >= 15 is 0 Å². The fourth-order valence-electron chi connectivity index (χ4n) is 2.32. The number of nitrogens with two attached hydrogens (primary N) is 1. The first-order valence-corrected chi connectivity index (χ1v) is 8.14. The molecule has 0 saturated carbocycles. The van der Waals surface area contributed by atoms with Crippen LogP contribution in [0.3, 0.4) is 0 Å². The Balaban J connectivity index is 1.58. The molecule has 126 valence electrons. The van der Waals surface area contributed by atoms with Crippen LogP contribution in [0.1, 0.15) is 32.1 Å². The smallest absolute Gasteiger partial charge is 0.224 e. The molecule has 0 spiro atoms. The number of hydrogen-bond acceptors (Lipinski definition) is 3. The zero-order chi connectivity index (χ0) is 17.2. The minimum Gasteiger partial charge on any atom is -0.397 e. The van der Waals surface area contributed by atoms with Gasteiger partial charge in [0.25, 0.3) is 0 Å². The van der Waals surface area contributed by atoms with Crippen LogP contribution in [-0.2, 0) is 9.59 Å². The number of rotatable bonds is 8. The van der Waals surface area contributed by atoms with Crippen LogP contribution in [0, 0.1) is 0 Å². The van der Waals surface area contributed by atoms with Crippen molar-refractivity contribution in [2.75, 3.05) is 16.4 Å². The average molecular weight is 325 g/mol. The van der Waals surface area contributed by atoms with E-state index < -0.39 is 0 Å². The molecule has 0 heterocycles. The minimum atomic E-state index is -0.0540. The summed E-state index contributed by atoms with van der Waals surface area (Å²) in [4.78, 5) is 23.6. The molecule has 0 bridgehead atoms. The van der Waals surface area contributed by atoms with Crippen molar-refractivity contribution in [2.45, 2.75) is 32.1 Å². The van der Waals surface area contributed by atoms with Crippen LogP contribution in [0.25, 0.3) is 0 Å². The van der Waals surface area contributed by atoms with Crippen molar-refractivity contribution in [1.29, 1.82) is 0 Å². The van der Waals surface area contributed by atoms with E-state index in [2.05, 4.69) is 10.6 Å². The Morgan fingerprint density at radius 1 is 0.750 bits per heavy atom. The molecule has 0 radical (unpaired) electrons. The maximum absolute atomic E-state index is 11.9. The highest BCUT2D eigenvalue weighted by molar-refractivity contribution is 5.93. The van der Waals surface area contributed by atoms with E-state index in [4.69, 9.17) is 5.73 Å². The highest BCUT2D eigenvalue weighted by Crippen LogP contribution is 2.17. The third-order valence-electron chi connectivity index (χ3n) is 3.60. The van der Waals surface area contributed by atoms with Crippen LogP contribution >= 0.6 is 0 Å². The van der Waals surface area contributed by atoms with E-state index in [0.717, 1.165) is 24.9 Å². The lowest BCUT2D eigenvalue weighted by Gasteiger charge is -2.08. The summed E-state index contributed by atoms with van der Waals surface area (Å²) in [6.45, 7) is 0. The zero-order valence-electron chi connectivity index (χ0n) is 13.6. The maximum Gasteiger partial charge on any atom is 0.224 e. The Bertz CT molecular complexity index is 671. The lowest BCUT2D eigenvalue weighted by Crippen LogP contribution is -2.13. The van der Waals surface area contributed by atoms with Gasteiger partial charge in [-0.15, -0.1) is 0 Å². The molecule has 2 amide bonds. The van der Waals surface area contributed by atoms with Crippen molar-refractivity contribution in [3.05, 3.63) is 54.6 Å². The molecule has 5 heteroatoms. The van der Waals surface area contributed by atoms with E-state index in [-0.39, 0.29) is 11.8 Å². The van der Waals surface area contributed by atoms with E-state index in [9.17, 15) is 9.59 Å². The number of nitrogens with one attached hydrogen (secondary N) is 2. The molecule has 4 N–H and O–H groups in total. The molecular weight excluding hydrogens is 302 g/mol. The van der Waals surface area contributed by atoms with Gasteiger partial charge in [0.05, 0.1) is 11.4 Å². The molecule has 2 rings (SSSR count). The van der Waals surface area contributed by atoms with Gasteiger partial charge in [0.2, 0.25) is 11.8 Å². The van der Waals surface area contributed by atoms with E-state index in [0.29, 0.717) is 24.2 Å². The Morgan fingerprint density at radius 2 is 1.33 bits per heavy atom. The van der Waals surface area contributed by atoms with E-state index in [1.807, 2.05) is 42.5 Å². The summed E-state index contributed by atoms with van der Waals surface area (Å²) in [6.07, 6.45) is 3.23. The summed E-state index contributed by atoms with van der Waals surface area (Å²) in [5, 5.41) is 5.65. The molecule has 5 nitrogen and oxygen atoms in total. The Morgan fingerprint density at radius 3 is 2.00 bits per heavy atom. The second-order valence-corrected chi connectivity index (χ2v) is 5.61. The molecule has 0 aromatic heterocycles. The molecule has 0 saturated heterocycles. The summed E-state index contributed by atoms with van der Waals surface area (Å²) in [5.41, 5.74) is 7.79. The zero-order valence-corrected chi connectivity index (χ0v) is 13.6. The molecule has 0 unspecified atom stereocenters. The molecule has 0 aliphatic heterocycles. The lowest BCUT2D eigenvalue weighted by molar-refractivity contribution is -0.116. The van der Waals surface area contributed by atoms with E-state index in [1.54, 1.807) is 12.1 Å². The molecule has 0 aliphatic carbocycles. The molecule has 0 fully saturated rings. The van der Waals surface area contributed by atoms with Gasteiger partial charge in [0.15, 0.2) is 0 Å². The maximum atomic E-state index is 11.9.